The molecule has 0 amide bonds. The minimum absolute atomic E-state index is 0.0401. The van der Waals surface area contributed by atoms with Crippen LogP contribution in [-0.2, 0) is 6.42 Å². The molecule has 18 heavy (non-hydrogen) atoms. The molecule has 1 nitrogen and oxygen atoms in total. The van der Waals surface area contributed by atoms with Gasteiger partial charge in [-0.05, 0) is 58.5 Å². The van der Waals surface area contributed by atoms with Crippen LogP contribution in [0.1, 0.15) is 15.9 Å². The van der Waals surface area contributed by atoms with Crippen LogP contribution >= 0.6 is 34.2 Å². The van der Waals surface area contributed by atoms with Crippen LogP contribution in [0.15, 0.2) is 42.5 Å². The minimum Gasteiger partial charge on any atom is -0.294 e. The fraction of sp³-hybridized carbons (Fsp3) is 0.0714. The highest BCUT2D eigenvalue weighted by molar-refractivity contribution is 14.1. The van der Waals surface area contributed by atoms with Gasteiger partial charge in [0.2, 0.25) is 0 Å². The SMILES string of the molecule is O=C(Cc1cccc(Cl)c1)c1ccc(F)cc1I. The summed E-state index contributed by atoms with van der Waals surface area (Å²) in [6.07, 6.45) is 0.266. The zero-order valence-electron chi connectivity index (χ0n) is 9.29. The van der Waals surface area contributed by atoms with Gasteiger partial charge in [-0.2, -0.15) is 0 Å². The molecule has 2 aromatic carbocycles. The Morgan fingerprint density at radius 2 is 2.00 bits per heavy atom. The highest BCUT2D eigenvalue weighted by Gasteiger charge is 2.11. The van der Waals surface area contributed by atoms with Gasteiger partial charge in [0.15, 0.2) is 5.78 Å². The number of hydrogen-bond donors (Lipinski definition) is 0. The predicted molar refractivity (Wildman–Crippen MR) is 78.6 cm³/mol. The molecule has 0 bridgehead atoms. The van der Waals surface area contributed by atoms with Crippen molar-refractivity contribution in [1.82, 2.24) is 0 Å². The Morgan fingerprint density at radius 1 is 1.22 bits per heavy atom. The molecule has 0 saturated heterocycles. The van der Waals surface area contributed by atoms with Crippen molar-refractivity contribution in [3.05, 3.63) is 68.0 Å². The Bertz CT molecular complexity index is 598. The summed E-state index contributed by atoms with van der Waals surface area (Å²) in [5.41, 5.74) is 1.39. The second kappa shape index (κ2) is 5.80. The van der Waals surface area contributed by atoms with Crippen molar-refractivity contribution in [2.45, 2.75) is 6.42 Å². The van der Waals surface area contributed by atoms with Crippen LogP contribution in [0.25, 0.3) is 0 Å². The molecule has 0 aromatic heterocycles. The molecule has 4 heteroatoms. The summed E-state index contributed by atoms with van der Waals surface area (Å²) in [5.74, 6) is -0.375. The third-order valence-electron chi connectivity index (χ3n) is 2.49. The molecule has 92 valence electrons. The van der Waals surface area contributed by atoms with Gasteiger partial charge in [-0.1, -0.05) is 23.7 Å². The van der Waals surface area contributed by atoms with Crippen LogP contribution in [0.3, 0.4) is 0 Å². The largest absolute Gasteiger partial charge is 0.294 e. The van der Waals surface area contributed by atoms with Gasteiger partial charge in [-0.15, -0.1) is 0 Å². The summed E-state index contributed by atoms with van der Waals surface area (Å²) >= 11 is 7.83. The molecule has 0 N–H and O–H groups in total. The molecule has 0 aliphatic carbocycles. The fourth-order valence-electron chi connectivity index (χ4n) is 1.64. The zero-order chi connectivity index (χ0) is 13.1. The lowest BCUT2D eigenvalue weighted by molar-refractivity contribution is 0.0992. The quantitative estimate of drug-likeness (QED) is 0.571. The van der Waals surface area contributed by atoms with Crippen LogP contribution in [0.2, 0.25) is 5.02 Å². The number of carbonyl (C=O) groups is 1. The van der Waals surface area contributed by atoms with E-state index in [1.165, 1.54) is 18.2 Å². The maximum Gasteiger partial charge on any atom is 0.168 e. The second-order valence-electron chi connectivity index (χ2n) is 3.85. The van der Waals surface area contributed by atoms with E-state index < -0.39 is 0 Å². The van der Waals surface area contributed by atoms with E-state index >= 15 is 0 Å². The first-order valence-electron chi connectivity index (χ1n) is 5.29. The van der Waals surface area contributed by atoms with Crippen molar-refractivity contribution in [2.75, 3.05) is 0 Å². The molecule has 2 aromatic rings. The number of benzene rings is 2. The number of halogens is 3. The van der Waals surface area contributed by atoms with Gasteiger partial charge in [0.05, 0.1) is 0 Å². The third kappa shape index (κ3) is 3.29. The van der Waals surface area contributed by atoms with E-state index in [4.69, 9.17) is 11.6 Å². The molecule has 0 saturated carbocycles. The van der Waals surface area contributed by atoms with E-state index in [9.17, 15) is 9.18 Å². The van der Waals surface area contributed by atoms with Crippen molar-refractivity contribution in [3.8, 4) is 0 Å². The molecule has 0 atom stereocenters. The van der Waals surface area contributed by atoms with E-state index in [1.807, 2.05) is 28.7 Å². The molecular formula is C14H9ClFIO. The standard InChI is InChI=1S/C14H9ClFIO/c15-10-3-1-2-9(6-10)7-14(18)12-5-4-11(16)8-13(12)17/h1-6,8H,7H2. The van der Waals surface area contributed by atoms with Crippen LogP contribution in [0, 0.1) is 9.39 Å². The number of carbonyl (C=O) groups excluding carboxylic acids is 1. The maximum atomic E-state index is 13.0. The molecule has 0 heterocycles. The predicted octanol–water partition coefficient (Wildman–Crippen LogP) is 4.51. The monoisotopic (exact) mass is 374 g/mol. The highest BCUT2D eigenvalue weighted by atomic mass is 127. The van der Waals surface area contributed by atoms with Crippen LogP contribution in [-0.4, -0.2) is 5.78 Å². The van der Waals surface area contributed by atoms with E-state index in [2.05, 4.69) is 0 Å². The van der Waals surface area contributed by atoms with E-state index in [-0.39, 0.29) is 18.0 Å². The van der Waals surface area contributed by atoms with Crippen LogP contribution < -0.4 is 0 Å². The van der Waals surface area contributed by atoms with Crippen molar-refractivity contribution in [2.24, 2.45) is 0 Å². The molecule has 2 rings (SSSR count). The Labute approximate surface area is 123 Å². The first kappa shape index (κ1) is 13.5. The molecule has 0 fully saturated rings. The molecule has 0 spiro atoms. The van der Waals surface area contributed by atoms with Crippen molar-refractivity contribution >= 4 is 40.0 Å². The number of rotatable bonds is 3. The lowest BCUT2D eigenvalue weighted by Gasteiger charge is -2.04. The third-order valence-corrected chi connectivity index (χ3v) is 3.61. The van der Waals surface area contributed by atoms with Crippen LogP contribution in [0.5, 0.6) is 0 Å². The lowest BCUT2D eigenvalue weighted by Crippen LogP contribution is -2.06. The first-order chi connectivity index (χ1) is 8.56. The number of ketones is 1. The Morgan fingerprint density at radius 3 is 2.67 bits per heavy atom. The summed E-state index contributed by atoms with van der Waals surface area (Å²) in [6.45, 7) is 0. The van der Waals surface area contributed by atoms with Crippen molar-refractivity contribution in [3.63, 3.8) is 0 Å². The average molecular weight is 375 g/mol. The summed E-state index contributed by atoms with van der Waals surface area (Å²) < 4.78 is 13.6. The van der Waals surface area contributed by atoms with Crippen molar-refractivity contribution < 1.29 is 9.18 Å². The Hall–Kier alpha value is -0.940. The van der Waals surface area contributed by atoms with Gasteiger partial charge in [0.1, 0.15) is 5.82 Å². The fourth-order valence-corrected chi connectivity index (χ4v) is 2.63. The average Bonchev–Trinajstić information content (AvgIpc) is 2.28. The Kier molecular flexibility index (Phi) is 4.35. The lowest BCUT2D eigenvalue weighted by atomic mass is 10.0. The van der Waals surface area contributed by atoms with Gasteiger partial charge in [0.25, 0.3) is 0 Å². The van der Waals surface area contributed by atoms with Crippen molar-refractivity contribution in [1.29, 1.82) is 0 Å². The molecular weight excluding hydrogens is 366 g/mol. The number of Topliss-reactive ketones (excluding diaryl/α,β-unsaturated/α-hetero) is 1. The molecule has 0 aliphatic heterocycles. The van der Waals surface area contributed by atoms with Gasteiger partial charge in [-0.3, -0.25) is 4.79 Å². The highest BCUT2D eigenvalue weighted by Crippen LogP contribution is 2.18. The molecule has 0 aliphatic rings. The molecule has 0 radical (unpaired) electrons. The van der Waals surface area contributed by atoms with E-state index in [0.29, 0.717) is 14.2 Å². The summed E-state index contributed by atoms with van der Waals surface area (Å²) in [5, 5.41) is 0.606. The topological polar surface area (TPSA) is 17.1 Å². The number of hydrogen-bond acceptors (Lipinski definition) is 1. The summed E-state index contributed by atoms with van der Waals surface area (Å²) in [7, 11) is 0. The maximum absolute atomic E-state index is 13.0. The van der Waals surface area contributed by atoms with Gasteiger partial charge < -0.3 is 0 Å². The summed E-state index contributed by atoms with van der Waals surface area (Å²) in [4.78, 5) is 12.1. The molecule has 0 unspecified atom stereocenters. The smallest absolute Gasteiger partial charge is 0.168 e. The van der Waals surface area contributed by atoms with Gasteiger partial charge >= 0.3 is 0 Å². The normalized spacial score (nSPS) is 10.4. The van der Waals surface area contributed by atoms with Crippen LogP contribution in [0.4, 0.5) is 4.39 Å². The van der Waals surface area contributed by atoms with Gasteiger partial charge in [-0.25, -0.2) is 4.39 Å². The summed E-state index contributed by atoms with van der Waals surface area (Å²) in [6, 6.07) is 11.3. The van der Waals surface area contributed by atoms with Gasteiger partial charge in [0, 0.05) is 20.6 Å². The second-order valence-corrected chi connectivity index (χ2v) is 5.45. The first-order valence-corrected chi connectivity index (χ1v) is 6.74. The van der Waals surface area contributed by atoms with E-state index in [0.717, 1.165) is 5.56 Å². The zero-order valence-corrected chi connectivity index (χ0v) is 12.2. The minimum atomic E-state index is -0.335. The Balaban J connectivity index is 2.22. The van der Waals surface area contributed by atoms with E-state index in [1.54, 1.807) is 18.2 Å².